The number of nitrogens with one attached hydrogen (secondary N) is 3. The fraction of sp³-hybridized carbons (Fsp3) is 0.577. The van der Waals surface area contributed by atoms with E-state index in [1.165, 1.54) is 12.1 Å². The number of aromatic hydroxyl groups is 1. The summed E-state index contributed by atoms with van der Waals surface area (Å²) < 4.78 is 0. The third-order valence-corrected chi connectivity index (χ3v) is 5.93. The number of nitrogens with two attached hydrogens (primary N) is 3. The van der Waals surface area contributed by atoms with Gasteiger partial charge in [0.1, 0.15) is 23.9 Å². The van der Waals surface area contributed by atoms with Gasteiger partial charge in [0.15, 0.2) is 5.96 Å². The van der Waals surface area contributed by atoms with Gasteiger partial charge in [-0.05, 0) is 48.8 Å². The fourth-order valence-corrected chi connectivity index (χ4v) is 3.66. The van der Waals surface area contributed by atoms with Gasteiger partial charge in [-0.1, -0.05) is 39.8 Å². The Morgan fingerprint density at radius 2 is 1.41 bits per heavy atom. The van der Waals surface area contributed by atoms with Crippen molar-refractivity contribution in [2.75, 3.05) is 6.54 Å². The molecule has 13 heteroatoms. The van der Waals surface area contributed by atoms with Crippen LogP contribution in [0.3, 0.4) is 0 Å². The van der Waals surface area contributed by atoms with Gasteiger partial charge in [0.05, 0.1) is 6.04 Å². The maximum atomic E-state index is 13.4. The molecule has 0 radical (unpaired) electrons. The lowest BCUT2D eigenvalue weighted by atomic mass is 10.0. The first-order valence-corrected chi connectivity index (χ1v) is 12.9. The average molecular weight is 550 g/mol. The highest BCUT2D eigenvalue weighted by Crippen LogP contribution is 2.13. The van der Waals surface area contributed by atoms with E-state index < -0.39 is 47.9 Å². The molecule has 0 saturated carbocycles. The summed E-state index contributed by atoms with van der Waals surface area (Å²) in [5, 5.41) is 27.0. The first-order valence-electron chi connectivity index (χ1n) is 12.9. The number of amides is 3. The van der Waals surface area contributed by atoms with E-state index in [2.05, 4.69) is 20.9 Å². The van der Waals surface area contributed by atoms with Gasteiger partial charge in [0.25, 0.3) is 0 Å². The summed E-state index contributed by atoms with van der Waals surface area (Å²) in [6, 6.07) is 1.79. The Morgan fingerprint density at radius 3 is 1.92 bits per heavy atom. The molecule has 0 heterocycles. The number of hydrogen-bond donors (Lipinski definition) is 8. The van der Waals surface area contributed by atoms with Crippen molar-refractivity contribution in [3.8, 4) is 5.75 Å². The number of carboxylic acids is 1. The van der Waals surface area contributed by atoms with Crippen molar-refractivity contribution in [3.63, 3.8) is 0 Å². The molecule has 0 fully saturated rings. The predicted molar refractivity (Wildman–Crippen MR) is 147 cm³/mol. The van der Waals surface area contributed by atoms with E-state index in [0.29, 0.717) is 12.0 Å². The average Bonchev–Trinajstić information content (AvgIpc) is 2.84. The van der Waals surface area contributed by atoms with Gasteiger partial charge in [0, 0.05) is 13.0 Å². The molecule has 0 spiro atoms. The second kappa shape index (κ2) is 16.2. The number of rotatable bonds is 16. The Bertz CT molecular complexity index is 993. The number of carbonyl (C=O) groups is 4. The summed E-state index contributed by atoms with van der Waals surface area (Å²) in [6.07, 6.45) is 0.693. The molecule has 3 amide bonds. The number of aliphatic imine (C=N–C) groups is 1. The van der Waals surface area contributed by atoms with E-state index >= 15 is 0 Å². The van der Waals surface area contributed by atoms with E-state index in [4.69, 9.17) is 17.2 Å². The van der Waals surface area contributed by atoms with E-state index in [-0.39, 0.29) is 49.4 Å². The highest BCUT2D eigenvalue weighted by molar-refractivity contribution is 5.94. The van der Waals surface area contributed by atoms with Crippen LogP contribution in [0.25, 0.3) is 0 Å². The Morgan fingerprint density at radius 1 is 0.872 bits per heavy atom. The Hall–Kier alpha value is -3.87. The molecule has 1 rings (SSSR count). The summed E-state index contributed by atoms with van der Waals surface area (Å²) in [4.78, 5) is 54.9. The van der Waals surface area contributed by atoms with Crippen molar-refractivity contribution < 1.29 is 29.4 Å². The number of phenols is 1. The summed E-state index contributed by atoms with van der Waals surface area (Å²) in [6.45, 7) is 7.41. The zero-order chi connectivity index (χ0) is 29.7. The number of hydrogen-bond acceptors (Lipinski definition) is 7. The first kappa shape index (κ1) is 33.2. The molecule has 0 unspecified atom stereocenters. The Kier molecular flexibility index (Phi) is 13.7. The largest absolute Gasteiger partial charge is 0.508 e. The van der Waals surface area contributed by atoms with Crippen molar-refractivity contribution in [1.29, 1.82) is 0 Å². The minimum atomic E-state index is -1.20. The van der Waals surface area contributed by atoms with Crippen molar-refractivity contribution in [3.05, 3.63) is 29.8 Å². The second-order valence-corrected chi connectivity index (χ2v) is 10.2. The van der Waals surface area contributed by atoms with Crippen molar-refractivity contribution in [2.45, 2.75) is 77.5 Å². The molecule has 0 aliphatic rings. The molecule has 13 nitrogen and oxygen atoms in total. The number of benzene rings is 1. The summed E-state index contributed by atoms with van der Waals surface area (Å²) >= 11 is 0. The molecule has 218 valence electrons. The second-order valence-electron chi connectivity index (χ2n) is 10.2. The molecule has 0 aromatic heterocycles. The van der Waals surface area contributed by atoms with Crippen LogP contribution in [0.2, 0.25) is 0 Å². The zero-order valence-corrected chi connectivity index (χ0v) is 23.0. The molecule has 0 aliphatic heterocycles. The highest BCUT2D eigenvalue weighted by atomic mass is 16.4. The first-order chi connectivity index (χ1) is 18.2. The van der Waals surface area contributed by atoms with Crippen molar-refractivity contribution in [2.24, 2.45) is 34.0 Å². The zero-order valence-electron chi connectivity index (χ0n) is 23.0. The maximum Gasteiger partial charge on any atom is 0.326 e. The third kappa shape index (κ3) is 12.5. The molecule has 0 saturated heterocycles. The Balaban J connectivity index is 3.20. The van der Waals surface area contributed by atoms with Crippen LogP contribution in [0.1, 0.15) is 52.5 Å². The molecular weight excluding hydrogens is 506 g/mol. The lowest BCUT2D eigenvalue weighted by Crippen LogP contribution is -2.58. The SMILES string of the molecule is CC(C)C[C@H](NC(=O)[C@H](Cc1ccc(O)cc1)NC(=O)[C@H](CCCN=C(N)N)NC(=O)[C@@H](N)C(C)C)C(=O)O. The van der Waals surface area contributed by atoms with Gasteiger partial charge in [-0.25, -0.2) is 4.79 Å². The number of aliphatic carboxylic acids is 1. The quantitative estimate of drug-likeness (QED) is 0.0756. The monoisotopic (exact) mass is 549 g/mol. The Labute approximate surface area is 229 Å². The van der Waals surface area contributed by atoms with Crippen LogP contribution in [0.4, 0.5) is 0 Å². The van der Waals surface area contributed by atoms with Gasteiger partial charge in [-0.15, -0.1) is 0 Å². The van der Waals surface area contributed by atoms with E-state index in [1.807, 2.05) is 13.8 Å². The number of phenolic OH excluding ortho intramolecular Hbond substituents is 1. The van der Waals surface area contributed by atoms with Crippen LogP contribution in [0.15, 0.2) is 29.3 Å². The van der Waals surface area contributed by atoms with Crippen molar-refractivity contribution in [1.82, 2.24) is 16.0 Å². The molecular formula is C26H43N7O6. The highest BCUT2D eigenvalue weighted by Gasteiger charge is 2.31. The third-order valence-electron chi connectivity index (χ3n) is 5.93. The summed E-state index contributed by atoms with van der Waals surface area (Å²) in [5.74, 6) is -3.36. The lowest BCUT2D eigenvalue weighted by Gasteiger charge is -2.26. The minimum Gasteiger partial charge on any atom is -0.508 e. The van der Waals surface area contributed by atoms with Crippen molar-refractivity contribution >= 4 is 29.7 Å². The molecule has 0 bridgehead atoms. The van der Waals surface area contributed by atoms with Crippen LogP contribution in [-0.2, 0) is 25.6 Å². The lowest BCUT2D eigenvalue weighted by molar-refractivity contribution is -0.142. The molecule has 39 heavy (non-hydrogen) atoms. The van der Waals surface area contributed by atoms with Crippen LogP contribution in [0.5, 0.6) is 5.75 Å². The van der Waals surface area contributed by atoms with Gasteiger partial charge in [0.2, 0.25) is 17.7 Å². The predicted octanol–water partition coefficient (Wildman–Crippen LogP) is -0.443. The standard InChI is InChI=1S/C26H43N7O6/c1-14(2)12-20(25(38)39)33-23(36)19(13-16-7-9-17(34)10-8-16)32-22(35)18(6-5-11-30-26(28)29)31-24(37)21(27)15(3)4/h7-10,14-15,18-21,34H,5-6,11-13,27H2,1-4H3,(H,31,37)(H,32,35)(H,33,36)(H,38,39)(H4,28,29,30)/t18-,19-,20-,21-/m0/s1. The fourth-order valence-electron chi connectivity index (χ4n) is 3.66. The molecule has 4 atom stereocenters. The van der Waals surface area contributed by atoms with Crippen LogP contribution in [-0.4, -0.2) is 70.6 Å². The van der Waals surface area contributed by atoms with Gasteiger partial charge < -0.3 is 43.4 Å². The van der Waals surface area contributed by atoms with Crippen LogP contribution < -0.4 is 33.2 Å². The topological polar surface area (TPSA) is 235 Å². The number of guanidine groups is 1. The molecule has 1 aromatic rings. The van der Waals surface area contributed by atoms with Crippen LogP contribution >= 0.6 is 0 Å². The minimum absolute atomic E-state index is 0.00600. The molecule has 0 aliphatic carbocycles. The summed E-state index contributed by atoms with van der Waals surface area (Å²) in [7, 11) is 0. The maximum absolute atomic E-state index is 13.4. The number of carbonyl (C=O) groups excluding carboxylic acids is 3. The molecule has 1 aromatic carbocycles. The number of carboxylic acid groups (broad SMARTS) is 1. The van der Waals surface area contributed by atoms with Gasteiger partial charge in [-0.2, -0.15) is 0 Å². The van der Waals surface area contributed by atoms with Crippen LogP contribution in [0, 0.1) is 11.8 Å². The summed E-state index contributed by atoms with van der Waals surface area (Å²) in [5.41, 5.74) is 17.3. The smallest absolute Gasteiger partial charge is 0.326 e. The number of nitrogens with zero attached hydrogens (tertiary/aromatic N) is 1. The van der Waals surface area contributed by atoms with E-state index in [0.717, 1.165) is 0 Å². The molecule has 11 N–H and O–H groups in total. The van der Waals surface area contributed by atoms with Gasteiger partial charge in [-0.3, -0.25) is 19.4 Å². The normalized spacial score (nSPS) is 14.1. The van der Waals surface area contributed by atoms with Gasteiger partial charge >= 0.3 is 5.97 Å². The van der Waals surface area contributed by atoms with E-state index in [1.54, 1.807) is 26.0 Å². The van der Waals surface area contributed by atoms with E-state index in [9.17, 15) is 29.4 Å².